The maximum Gasteiger partial charge on any atom is 0.243 e. The van der Waals surface area contributed by atoms with Crippen LogP contribution in [0.25, 0.3) is 0 Å². The standard InChI is InChI=1S/C13H12FN3O2S2/c1-9-16-11(8-20-9)7-17(2)21(18,19)12-3-4-13(14)10(5-12)6-15/h3-5,8H,7H2,1-2H3. The van der Waals surface area contributed by atoms with E-state index in [4.69, 9.17) is 5.26 Å². The molecule has 0 saturated heterocycles. The SMILES string of the molecule is Cc1nc(CN(C)S(=O)(=O)c2ccc(F)c(C#N)c2)cs1. The largest absolute Gasteiger partial charge is 0.245 e. The summed E-state index contributed by atoms with van der Waals surface area (Å²) in [6, 6.07) is 4.79. The van der Waals surface area contributed by atoms with E-state index < -0.39 is 15.8 Å². The zero-order valence-corrected chi connectivity index (χ0v) is 13.0. The molecule has 0 fully saturated rings. The molecule has 0 aliphatic rings. The molecule has 0 aliphatic carbocycles. The molecule has 1 aromatic carbocycles. The van der Waals surface area contributed by atoms with Crippen molar-refractivity contribution in [3.8, 4) is 6.07 Å². The highest BCUT2D eigenvalue weighted by atomic mass is 32.2. The van der Waals surface area contributed by atoms with Crippen molar-refractivity contribution >= 4 is 21.4 Å². The van der Waals surface area contributed by atoms with Crippen LogP contribution < -0.4 is 0 Å². The zero-order valence-electron chi connectivity index (χ0n) is 11.4. The second kappa shape index (κ2) is 5.89. The maximum atomic E-state index is 13.3. The van der Waals surface area contributed by atoms with Crippen LogP contribution in [-0.2, 0) is 16.6 Å². The number of aryl methyl sites for hydroxylation is 1. The van der Waals surface area contributed by atoms with Crippen molar-refractivity contribution in [2.24, 2.45) is 0 Å². The summed E-state index contributed by atoms with van der Waals surface area (Å²) in [5.74, 6) is -0.741. The Balaban J connectivity index is 2.31. The molecule has 0 aliphatic heterocycles. The molecule has 2 rings (SSSR count). The first-order valence-electron chi connectivity index (χ1n) is 5.91. The van der Waals surface area contributed by atoms with Crippen molar-refractivity contribution in [2.75, 3.05) is 7.05 Å². The van der Waals surface area contributed by atoms with Gasteiger partial charge in [-0.15, -0.1) is 11.3 Å². The van der Waals surface area contributed by atoms with Crippen LogP contribution in [0.1, 0.15) is 16.3 Å². The molecule has 0 saturated carbocycles. The number of halogens is 1. The third kappa shape index (κ3) is 3.26. The van der Waals surface area contributed by atoms with Crippen LogP contribution in [0.2, 0.25) is 0 Å². The highest BCUT2D eigenvalue weighted by Crippen LogP contribution is 2.20. The van der Waals surface area contributed by atoms with E-state index in [1.54, 1.807) is 11.4 Å². The van der Waals surface area contributed by atoms with Crippen molar-refractivity contribution in [3.63, 3.8) is 0 Å². The van der Waals surface area contributed by atoms with Gasteiger partial charge in [-0.1, -0.05) is 0 Å². The zero-order chi connectivity index (χ0) is 15.6. The average Bonchev–Trinajstić information content (AvgIpc) is 2.84. The number of rotatable bonds is 4. The molecule has 21 heavy (non-hydrogen) atoms. The molecule has 1 heterocycles. The Labute approximate surface area is 126 Å². The minimum Gasteiger partial charge on any atom is -0.245 e. The lowest BCUT2D eigenvalue weighted by molar-refractivity contribution is 0.462. The fraction of sp³-hybridized carbons (Fsp3) is 0.231. The molecule has 0 atom stereocenters. The Morgan fingerprint density at radius 3 is 2.76 bits per heavy atom. The molecule has 0 amide bonds. The van der Waals surface area contributed by atoms with Crippen molar-refractivity contribution in [1.29, 1.82) is 5.26 Å². The molecule has 8 heteroatoms. The van der Waals surface area contributed by atoms with E-state index in [0.29, 0.717) is 5.69 Å². The maximum absolute atomic E-state index is 13.3. The van der Waals surface area contributed by atoms with E-state index in [1.807, 2.05) is 6.92 Å². The van der Waals surface area contributed by atoms with E-state index in [-0.39, 0.29) is 17.0 Å². The molecule has 5 nitrogen and oxygen atoms in total. The van der Waals surface area contributed by atoms with Gasteiger partial charge in [0.25, 0.3) is 0 Å². The number of aromatic nitrogens is 1. The number of benzene rings is 1. The first kappa shape index (κ1) is 15.6. The molecular weight excluding hydrogens is 313 g/mol. The van der Waals surface area contributed by atoms with Gasteiger partial charge in [0.05, 0.1) is 27.7 Å². The molecule has 0 unspecified atom stereocenters. The molecule has 0 N–H and O–H groups in total. The number of thiazole rings is 1. The van der Waals surface area contributed by atoms with Gasteiger partial charge in [-0.3, -0.25) is 0 Å². The lowest BCUT2D eigenvalue weighted by Gasteiger charge is -2.16. The van der Waals surface area contributed by atoms with Crippen LogP contribution in [0.15, 0.2) is 28.5 Å². The first-order chi connectivity index (χ1) is 9.84. The summed E-state index contributed by atoms with van der Waals surface area (Å²) in [5.41, 5.74) is 0.347. The second-order valence-electron chi connectivity index (χ2n) is 4.37. The van der Waals surface area contributed by atoms with Crippen molar-refractivity contribution in [3.05, 3.63) is 45.7 Å². The molecule has 0 bridgehead atoms. The van der Waals surface area contributed by atoms with Crippen LogP contribution in [0.3, 0.4) is 0 Å². The topological polar surface area (TPSA) is 74.1 Å². The summed E-state index contributed by atoms with van der Waals surface area (Å²) in [5, 5.41) is 11.4. The Kier molecular flexibility index (Phi) is 4.37. The highest BCUT2D eigenvalue weighted by molar-refractivity contribution is 7.89. The van der Waals surface area contributed by atoms with Gasteiger partial charge in [0.15, 0.2) is 0 Å². The van der Waals surface area contributed by atoms with Gasteiger partial charge >= 0.3 is 0 Å². The third-order valence-corrected chi connectivity index (χ3v) is 5.44. The minimum absolute atomic E-state index is 0.116. The Morgan fingerprint density at radius 1 is 1.48 bits per heavy atom. The average molecular weight is 325 g/mol. The van der Waals surface area contributed by atoms with E-state index in [0.717, 1.165) is 27.5 Å². The van der Waals surface area contributed by atoms with Gasteiger partial charge in [0.2, 0.25) is 10.0 Å². The summed E-state index contributed by atoms with van der Waals surface area (Å²) < 4.78 is 39.2. The molecular formula is C13H12FN3O2S2. The van der Waals surface area contributed by atoms with Gasteiger partial charge in [0.1, 0.15) is 11.9 Å². The van der Waals surface area contributed by atoms with Crippen LogP contribution >= 0.6 is 11.3 Å². The van der Waals surface area contributed by atoms with Crippen LogP contribution in [0.5, 0.6) is 0 Å². The van der Waals surface area contributed by atoms with E-state index in [2.05, 4.69) is 4.98 Å². The number of hydrogen-bond donors (Lipinski definition) is 0. The van der Waals surface area contributed by atoms with Gasteiger partial charge in [-0.25, -0.2) is 17.8 Å². The predicted octanol–water partition coefficient (Wildman–Crippen LogP) is 2.28. The number of hydrogen-bond acceptors (Lipinski definition) is 5. The summed E-state index contributed by atoms with van der Waals surface area (Å²) >= 11 is 1.44. The van der Waals surface area contributed by atoms with Crippen LogP contribution in [0, 0.1) is 24.1 Å². The van der Waals surface area contributed by atoms with Crippen molar-refractivity contribution in [1.82, 2.24) is 9.29 Å². The molecule has 1 aromatic heterocycles. The number of sulfonamides is 1. The monoisotopic (exact) mass is 325 g/mol. The van der Waals surface area contributed by atoms with Crippen molar-refractivity contribution < 1.29 is 12.8 Å². The summed E-state index contributed by atoms with van der Waals surface area (Å²) in [6.07, 6.45) is 0. The molecule has 2 aromatic rings. The van der Waals surface area contributed by atoms with Crippen LogP contribution in [0.4, 0.5) is 4.39 Å². The predicted molar refractivity (Wildman–Crippen MR) is 76.6 cm³/mol. The second-order valence-corrected chi connectivity index (χ2v) is 7.48. The van der Waals surface area contributed by atoms with Gasteiger partial charge in [-0.2, -0.15) is 9.57 Å². The minimum atomic E-state index is -3.80. The lowest BCUT2D eigenvalue weighted by Crippen LogP contribution is -2.26. The fourth-order valence-electron chi connectivity index (χ4n) is 1.72. The number of nitrogens with zero attached hydrogens (tertiary/aromatic N) is 3. The molecule has 110 valence electrons. The Morgan fingerprint density at radius 2 is 2.19 bits per heavy atom. The lowest BCUT2D eigenvalue weighted by atomic mass is 10.2. The fourth-order valence-corrected chi connectivity index (χ4v) is 3.50. The summed E-state index contributed by atoms with van der Waals surface area (Å²) in [7, 11) is -2.38. The Hall–Kier alpha value is -1.82. The normalized spacial score (nSPS) is 11.6. The van der Waals surface area contributed by atoms with Crippen LogP contribution in [-0.4, -0.2) is 24.8 Å². The van der Waals surface area contributed by atoms with E-state index >= 15 is 0 Å². The first-order valence-corrected chi connectivity index (χ1v) is 8.23. The van der Waals surface area contributed by atoms with E-state index in [1.165, 1.54) is 18.4 Å². The molecule has 0 spiro atoms. The number of nitriles is 1. The van der Waals surface area contributed by atoms with Gasteiger partial charge in [-0.05, 0) is 25.1 Å². The highest BCUT2D eigenvalue weighted by Gasteiger charge is 2.22. The summed E-state index contributed by atoms with van der Waals surface area (Å²) in [4.78, 5) is 4.09. The van der Waals surface area contributed by atoms with E-state index in [9.17, 15) is 12.8 Å². The third-order valence-electron chi connectivity index (χ3n) is 2.82. The summed E-state index contributed by atoms with van der Waals surface area (Å²) in [6.45, 7) is 1.95. The Bertz CT molecular complexity index is 809. The smallest absolute Gasteiger partial charge is 0.243 e. The quantitative estimate of drug-likeness (QED) is 0.864. The van der Waals surface area contributed by atoms with Gasteiger partial charge in [0, 0.05) is 12.4 Å². The van der Waals surface area contributed by atoms with Gasteiger partial charge < -0.3 is 0 Å². The van der Waals surface area contributed by atoms with Crippen molar-refractivity contribution in [2.45, 2.75) is 18.4 Å². The molecule has 0 radical (unpaired) electrons.